The van der Waals surface area contributed by atoms with E-state index in [-0.39, 0.29) is 13.1 Å². The molecule has 0 bridgehead atoms. The van der Waals surface area contributed by atoms with Crippen molar-refractivity contribution in [3.05, 3.63) is 76.2 Å². The zero-order valence-electron chi connectivity index (χ0n) is 18.7. The second-order valence-corrected chi connectivity index (χ2v) is 9.47. The number of thioether (sulfide) groups is 1. The molecule has 2 saturated heterocycles. The van der Waals surface area contributed by atoms with E-state index in [0.29, 0.717) is 17.7 Å². The maximum absolute atomic E-state index is 13.1. The lowest BCUT2D eigenvalue weighted by Gasteiger charge is -2.22. The van der Waals surface area contributed by atoms with Crippen molar-refractivity contribution in [2.24, 2.45) is 0 Å². The number of carbonyl (C=O) groups excluding carboxylic acids is 5. The van der Waals surface area contributed by atoms with Crippen molar-refractivity contribution in [1.82, 2.24) is 20.4 Å². The van der Waals surface area contributed by atoms with Gasteiger partial charge in [-0.05, 0) is 47.4 Å². The fraction of sp³-hybridized carbons (Fsp3) is 0.240. The zero-order chi connectivity index (χ0) is 24.6. The number of benzene rings is 2. The van der Waals surface area contributed by atoms with Crippen LogP contribution in [0.15, 0.2) is 59.5 Å². The van der Waals surface area contributed by atoms with Gasteiger partial charge in [0.1, 0.15) is 12.1 Å². The minimum Gasteiger partial charge on any atom is -0.353 e. The van der Waals surface area contributed by atoms with Gasteiger partial charge in [0.05, 0.1) is 4.91 Å². The van der Waals surface area contributed by atoms with Crippen LogP contribution in [-0.2, 0) is 26.3 Å². The van der Waals surface area contributed by atoms with E-state index in [1.54, 1.807) is 6.08 Å². The molecule has 35 heavy (non-hydrogen) atoms. The van der Waals surface area contributed by atoms with Crippen molar-refractivity contribution >= 4 is 46.8 Å². The Morgan fingerprint density at radius 1 is 1.03 bits per heavy atom. The van der Waals surface area contributed by atoms with Crippen LogP contribution in [0.4, 0.5) is 9.59 Å². The molecule has 3 aliphatic rings. The Labute approximate surface area is 205 Å². The molecule has 1 atom stereocenters. The maximum Gasteiger partial charge on any atom is 0.325 e. The van der Waals surface area contributed by atoms with Crippen LogP contribution in [0, 0.1) is 0 Å². The summed E-state index contributed by atoms with van der Waals surface area (Å²) in [6.07, 6.45) is 2.77. The largest absolute Gasteiger partial charge is 0.353 e. The van der Waals surface area contributed by atoms with Gasteiger partial charge in [0.25, 0.3) is 17.1 Å². The lowest BCUT2D eigenvalue weighted by atomic mass is 9.92. The molecule has 6 amide bonds. The lowest BCUT2D eigenvalue weighted by molar-refractivity contribution is -0.135. The molecule has 2 fully saturated rings. The number of aryl methyl sites for hydroxylation is 1. The van der Waals surface area contributed by atoms with E-state index in [1.165, 1.54) is 0 Å². The first-order valence-electron chi connectivity index (χ1n) is 11.2. The Balaban J connectivity index is 1.17. The standard InChI is InChI=1S/C25H22N4O5S/c30-20(15-29-22(32)25(27-23(29)33)11-10-17-8-4-5-9-18(17)25)26-12-13-28-21(31)19(35-24(28)34)14-16-6-2-1-3-7-16/h1-9,14H,10-13,15H2,(H,26,30)(H,27,33). The molecule has 0 radical (unpaired) electrons. The van der Waals surface area contributed by atoms with Crippen LogP contribution in [0.1, 0.15) is 23.1 Å². The van der Waals surface area contributed by atoms with Crippen molar-refractivity contribution in [3.63, 3.8) is 0 Å². The van der Waals surface area contributed by atoms with Gasteiger partial charge >= 0.3 is 6.03 Å². The van der Waals surface area contributed by atoms with E-state index >= 15 is 0 Å². The molecular weight excluding hydrogens is 468 g/mol. The van der Waals surface area contributed by atoms with Gasteiger partial charge in [-0.3, -0.25) is 29.0 Å². The molecule has 1 spiro atoms. The number of rotatable bonds is 6. The second-order valence-electron chi connectivity index (χ2n) is 8.48. The highest BCUT2D eigenvalue weighted by atomic mass is 32.2. The topological polar surface area (TPSA) is 116 Å². The predicted molar refractivity (Wildman–Crippen MR) is 129 cm³/mol. The zero-order valence-corrected chi connectivity index (χ0v) is 19.5. The van der Waals surface area contributed by atoms with Gasteiger partial charge in [-0.15, -0.1) is 0 Å². The monoisotopic (exact) mass is 490 g/mol. The summed E-state index contributed by atoms with van der Waals surface area (Å²) >= 11 is 0.847. The third-order valence-corrected chi connectivity index (χ3v) is 7.26. The molecule has 2 aromatic carbocycles. The molecule has 2 aliphatic heterocycles. The van der Waals surface area contributed by atoms with Crippen molar-refractivity contribution in [3.8, 4) is 0 Å². The average molecular weight is 491 g/mol. The fourth-order valence-corrected chi connectivity index (χ4v) is 5.50. The molecule has 2 aromatic rings. The van der Waals surface area contributed by atoms with Crippen LogP contribution in [0.2, 0.25) is 0 Å². The quantitative estimate of drug-likeness (QED) is 0.474. The number of imide groups is 2. The highest BCUT2D eigenvalue weighted by Crippen LogP contribution is 2.41. The molecule has 5 rings (SSSR count). The van der Waals surface area contributed by atoms with Crippen molar-refractivity contribution in [2.75, 3.05) is 19.6 Å². The third kappa shape index (κ3) is 4.10. The first kappa shape index (κ1) is 22.9. The predicted octanol–water partition coefficient (Wildman–Crippen LogP) is 2.23. The Kier molecular flexibility index (Phi) is 5.89. The van der Waals surface area contributed by atoms with Gasteiger partial charge in [-0.25, -0.2) is 4.79 Å². The average Bonchev–Trinajstić information content (AvgIpc) is 3.43. The smallest absolute Gasteiger partial charge is 0.325 e. The normalized spacial score (nSPS) is 22.3. The number of hydrogen-bond donors (Lipinski definition) is 2. The molecule has 2 N–H and O–H groups in total. The SMILES string of the molecule is O=C(CN1C(=O)NC2(CCc3ccccc32)C1=O)NCCN1C(=O)SC(=Cc2ccccc2)C1=O. The Morgan fingerprint density at radius 3 is 2.57 bits per heavy atom. The van der Waals surface area contributed by atoms with E-state index in [9.17, 15) is 24.0 Å². The highest BCUT2D eigenvalue weighted by Gasteiger charge is 2.55. The van der Waals surface area contributed by atoms with Gasteiger partial charge in [0.2, 0.25) is 5.91 Å². The number of urea groups is 1. The van der Waals surface area contributed by atoms with E-state index in [4.69, 9.17) is 0 Å². The molecule has 1 aliphatic carbocycles. The van der Waals surface area contributed by atoms with E-state index in [1.807, 2.05) is 54.6 Å². The fourth-order valence-electron chi connectivity index (χ4n) is 4.63. The minimum atomic E-state index is -1.12. The minimum absolute atomic E-state index is 0.00706. The third-order valence-electron chi connectivity index (χ3n) is 6.35. The molecule has 2 heterocycles. The first-order valence-corrected chi connectivity index (χ1v) is 12.0. The Hall–Kier alpha value is -3.92. The Morgan fingerprint density at radius 2 is 1.77 bits per heavy atom. The number of fused-ring (bicyclic) bond motifs is 2. The summed E-state index contributed by atoms with van der Waals surface area (Å²) in [5.41, 5.74) is 1.46. The number of nitrogens with zero attached hydrogens (tertiary/aromatic N) is 2. The molecule has 1 unspecified atom stereocenters. The molecule has 178 valence electrons. The van der Waals surface area contributed by atoms with E-state index in [2.05, 4.69) is 10.6 Å². The van der Waals surface area contributed by atoms with Gasteiger partial charge in [-0.1, -0.05) is 54.6 Å². The molecular formula is C25H22N4O5S. The van der Waals surface area contributed by atoms with Gasteiger partial charge in [0.15, 0.2) is 0 Å². The van der Waals surface area contributed by atoms with Crippen molar-refractivity contribution < 1.29 is 24.0 Å². The summed E-state index contributed by atoms with van der Waals surface area (Å²) in [7, 11) is 0. The van der Waals surface area contributed by atoms with Crippen LogP contribution in [0.3, 0.4) is 0 Å². The molecule has 0 aromatic heterocycles. The maximum atomic E-state index is 13.1. The van der Waals surface area contributed by atoms with Crippen LogP contribution in [0.5, 0.6) is 0 Å². The summed E-state index contributed by atoms with van der Waals surface area (Å²) in [4.78, 5) is 65.4. The van der Waals surface area contributed by atoms with Gasteiger partial charge in [0, 0.05) is 13.1 Å². The van der Waals surface area contributed by atoms with Gasteiger partial charge < -0.3 is 10.6 Å². The van der Waals surface area contributed by atoms with E-state index in [0.717, 1.165) is 38.3 Å². The summed E-state index contributed by atoms with van der Waals surface area (Å²) in [6, 6.07) is 16.0. The summed E-state index contributed by atoms with van der Waals surface area (Å²) in [5.74, 6) is -1.42. The van der Waals surface area contributed by atoms with Crippen LogP contribution < -0.4 is 10.6 Å². The van der Waals surface area contributed by atoms with Crippen LogP contribution in [0.25, 0.3) is 6.08 Å². The van der Waals surface area contributed by atoms with Crippen molar-refractivity contribution in [1.29, 1.82) is 0 Å². The number of hydrogen-bond acceptors (Lipinski definition) is 6. The number of amides is 6. The number of carbonyl (C=O) groups is 5. The summed E-state index contributed by atoms with van der Waals surface area (Å²) < 4.78 is 0. The van der Waals surface area contributed by atoms with E-state index < -0.39 is 41.1 Å². The van der Waals surface area contributed by atoms with Gasteiger partial charge in [-0.2, -0.15) is 0 Å². The summed E-state index contributed by atoms with van der Waals surface area (Å²) in [5, 5.41) is 4.96. The lowest BCUT2D eigenvalue weighted by Crippen LogP contribution is -2.45. The number of nitrogens with one attached hydrogen (secondary N) is 2. The highest BCUT2D eigenvalue weighted by molar-refractivity contribution is 8.18. The Bertz CT molecular complexity index is 1280. The van der Waals surface area contributed by atoms with Crippen LogP contribution in [-0.4, -0.2) is 58.4 Å². The first-order chi connectivity index (χ1) is 16.9. The molecule has 0 saturated carbocycles. The second kappa shape index (κ2) is 9.03. The molecule has 9 nitrogen and oxygen atoms in total. The van der Waals surface area contributed by atoms with Crippen molar-refractivity contribution in [2.45, 2.75) is 18.4 Å². The molecule has 10 heteroatoms. The summed E-state index contributed by atoms with van der Waals surface area (Å²) in [6.45, 7) is -0.447. The van der Waals surface area contributed by atoms with Crippen LogP contribution >= 0.6 is 11.8 Å².